The van der Waals surface area contributed by atoms with Crippen LogP contribution in [0.25, 0.3) is 20.4 Å². The van der Waals surface area contributed by atoms with Crippen LogP contribution >= 0.6 is 11.6 Å². The zero-order valence-electron chi connectivity index (χ0n) is 21.7. The fraction of sp³-hybridized carbons (Fsp3) is 0.333. The third kappa shape index (κ3) is 5.32. The van der Waals surface area contributed by atoms with Gasteiger partial charge in [-0.05, 0) is 0 Å². The van der Waals surface area contributed by atoms with Crippen molar-refractivity contribution in [3.8, 4) is 5.75 Å². The quantitative estimate of drug-likeness (QED) is 0.247. The summed E-state index contributed by atoms with van der Waals surface area (Å²) in [5.74, 6) is 1.22. The van der Waals surface area contributed by atoms with Crippen LogP contribution in [0.3, 0.4) is 0 Å². The van der Waals surface area contributed by atoms with Gasteiger partial charge in [0, 0.05) is 0 Å². The zero-order valence-corrected chi connectivity index (χ0v) is 24.1. The Morgan fingerprint density at radius 2 is 2.03 bits per heavy atom. The van der Waals surface area contributed by atoms with E-state index in [9.17, 15) is 9.59 Å². The Kier molecular flexibility index (Phi) is 7.65. The minimum absolute atomic E-state index is 0.00631. The van der Waals surface area contributed by atoms with Gasteiger partial charge in [0.25, 0.3) is 0 Å². The molecule has 7 nitrogen and oxygen atoms in total. The number of carbonyl (C=O) groups is 2. The van der Waals surface area contributed by atoms with E-state index < -0.39 is 0 Å². The number of rotatable bonds is 7. The standard InChI is InChI=1S/C30H29ClN3O4Se/c1-37-23-5-2-19-3-6-25-29(24(19)16-23)21(17-31)18-34(25)30(36)27-15-20-14-22(4-7-26(20)39-27)32-28(35)8-9-33-10-12-38-13-11-33/h2,4-7,14-16,21H,8-13,17-18H2,1H3,(H,32,35)/t21-/m1/s1. The van der Waals surface area contributed by atoms with Gasteiger partial charge in [0.05, 0.1) is 0 Å². The van der Waals surface area contributed by atoms with Crippen LogP contribution in [0.4, 0.5) is 11.4 Å². The Balaban J connectivity index is 1.21. The van der Waals surface area contributed by atoms with Crippen molar-refractivity contribution in [1.29, 1.82) is 0 Å². The molecule has 2 amide bonds. The van der Waals surface area contributed by atoms with E-state index in [2.05, 4.69) is 16.3 Å². The molecule has 0 unspecified atom stereocenters. The first-order chi connectivity index (χ1) is 19.0. The number of ether oxygens (including phenoxy) is 2. The van der Waals surface area contributed by atoms with Crippen molar-refractivity contribution in [3.05, 3.63) is 64.6 Å². The van der Waals surface area contributed by atoms with Crippen molar-refractivity contribution in [2.24, 2.45) is 0 Å². The van der Waals surface area contributed by atoms with E-state index in [4.69, 9.17) is 21.1 Å². The number of hydrogen-bond acceptors (Lipinski definition) is 5. The second-order valence-electron chi connectivity index (χ2n) is 9.88. The predicted molar refractivity (Wildman–Crippen MR) is 156 cm³/mol. The monoisotopic (exact) mass is 610 g/mol. The summed E-state index contributed by atoms with van der Waals surface area (Å²) in [4.78, 5) is 30.5. The third-order valence-electron chi connectivity index (χ3n) is 7.46. The molecule has 0 spiro atoms. The molecular formula is C30H29ClN3O4Se. The summed E-state index contributed by atoms with van der Waals surface area (Å²) >= 11 is 6.29. The molecule has 6 rings (SSSR count). The van der Waals surface area contributed by atoms with Gasteiger partial charge in [0.1, 0.15) is 0 Å². The summed E-state index contributed by atoms with van der Waals surface area (Å²) in [5, 5.41) is 6.02. The molecule has 1 fully saturated rings. The number of methoxy groups -OCH3 is 1. The molecule has 0 aliphatic carbocycles. The van der Waals surface area contributed by atoms with E-state index in [0.29, 0.717) is 18.8 Å². The predicted octanol–water partition coefficient (Wildman–Crippen LogP) is 4.50. The fourth-order valence-electron chi connectivity index (χ4n) is 5.41. The van der Waals surface area contributed by atoms with E-state index in [-0.39, 0.29) is 32.2 Å². The van der Waals surface area contributed by atoms with Crippen LogP contribution < -0.4 is 15.0 Å². The number of carbonyl (C=O) groups excluding carboxylic acids is 2. The summed E-state index contributed by atoms with van der Waals surface area (Å²) in [6.45, 7) is 4.44. The van der Waals surface area contributed by atoms with Gasteiger partial charge < -0.3 is 0 Å². The second kappa shape index (κ2) is 11.3. The number of alkyl halides is 1. The van der Waals surface area contributed by atoms with Gasteiger partial charge >= 0.3 is 239 Å². The first-order valence-corrected chi connectivity index (χ1v) is 15.3. The van der Waals surface area contributed by atoms with Crippen molar-refractivity contribution in [1.82, 2.24) is 4.90 Å². The molecule has 9 heteroatoms. The Labute approximate surface area is 238 Å². The van der Waals surface area contributed by atoms with Crippen LogP contribution in [0.2, 0.25) is 0 Å². The average Bonchev–Trinajstić information content (AvgIpc) is 3.57. The SMILES string of the molecule is COc1ccc2[c]cc3c(c2c1)[C@H](CCl)CN3C(=O)c1cc2cc(NC(=O)CCN3CCOCC3)ccc2[se]1. The summed E-state index contributed by atoms with van der Waals surface area (Å²) < 4.78 is 12.8. The van der Waals surface area contributed by atoms with E-state index in [1.54, 1.807) is 7.11 Å². The van der Waals surface area contributed by atoms with Gasteiger partial charge in [0.2, 0.25) is 0 Å². The first kappa shape index (κ1) is 26.4. The van der Waals surface area contributed by atoms with Crippen molar-refractivity contribution < 1.29 is 19.1 Å². The Morgan fingerprint density at radius 3 is 2.82 bits per heavy atom. The molecule has 1 atom stereocenters. The molecule has 3 heterocycles. The van der Waals surface area contributed by atoms with Crippen molar-refractivity contribution in [2.45, 2.75) is 12.3 Å². The molecule has 0 saturated carbocycles. The van der Waals surface area contributed by atoms with E-state index in [1.807, 2.05) is 53.4 Å². The van der Waals surface area contributed by atoms with E-state index >= 15 is 0 Å². The van der Waals surface area contributed by atoms with Gasteiger partial charge in [-0.2, -0.15) is 0 Å². The summed E-state index contributed by atoms with van der Waals surface area (Å²) in [6.07, 6.45) is 0.439. The topological polar surface area (TPSA) is 71.1 Å². The summed E-state index contributed by atoms with van der Waals surface area (Å²) in [7, 11) is 1.65. The number of halogens is 1. The number of nitrogens with one attached hydrogen (secondary N) is 1. The molecule has 39 heavy (non-hydrogen) atoms. The fourth-order valence-corrected chi connectivity index (χ4v) is 7.74. The first-order valence-electron chi connectivity index (χ1n) is 13.1. The van der Waals surface area contributed by atoms with Crippen LogP contribution in [-0.4, -0.2) is 83.6 Å². The number of morpholine rings is 1. The molecular weight excluding hydrogens is 581 g/mol. The number of hydrogen-bond donors (Lipinski definition) is 1. The van der Waals surface area contributed by atoms with Crippen LogP contribution in [-0.2, 0) is 9.53 Å². The molecule has 1 aromatic heterocycles. The maximum absolute atomic E-state index is 13.8. The Bertz CT molecular complexity index is 1550. The molecule has 2 aliphatic heterocycles. The average molecular weight is 610 g/mol. The number of nitrogens with zero attached hydrogens (tertiary/aromatic N) is 2. The van der Waals surface area contributed by atoms with Crippen LogP contribution in [0, 0.1) is 6.07 Å². The molecule has 3 aromatic carbocycles. The van der Waals surface area contributed by atoms with E-state index in [1.165, 1.54) is 0 Å². The van der Waals surface area contributed by atoms with Gasteiger partial charge in [0.15, 0.2) is 0 Å². The normalized spacial score (nSPS) is 17.5. The third-order valence-corrected chi connectivity index (χ3v) is 10.1. The molecule has 1 saturated heterocycles. The van der Waals surface area contributed by atoms with E-state index in [0.717, 1.165) is 80.4 Å². The number of benzene rings is 3. The maximum atomic E-state index is 13.8. The van der Waals surface area contributed by atoms with Crippen molar-refractivity contribution in [3.63, 3.8) is 0 Å². The number of fused-ring (bicyclic) bond motifs is 4. The summed E-state index contributed by atoms with van der Waals surface area (Å²) in [6, 6.07) is 19.1. The van der Waals surface area contributed by atoms with Crippen molar-refractivity contribution >= 4 is 69.7 Å². The molecule has 0 bridgehead atoms. The zero-order chi connectivity index (χ0) is 26.9. The molecule has 201 valence electrons. The summed E-state index contributed by atoms with van der Waals surface area (Å²) in [5.41, 5.74) is 2.70. The molecule has 1 N–H and O–H groups in total. The molecule has 1 radical (unpaired) electrons. The van der Waals surface area contributed by atoms with Crippen LogP contribution in [0.15, 0.2) is 48.5 Å². The minimum atomic E-state index is -0.117. The van der Waals surface area contributed by atoms with Gasteiger partial charge in [-0.15, -0.1) is 0 Å². The van der Waals surface area contributed by atoms with Crippen LogP contribution in [0.1, 0.15) is 27.1 Å². The van der Waals surface area contributed by atoms with Gasteiger partial charge in [-0.25, -0.2) is 0 Å². The van der Waals surface area contributed by atoms with Crippen LogP contribution in [0.5, 0.6) is 5.75 Å². The Morgan fingerprint density at radius 1 is 1.18 bits per heavy atom. The number of amides is 2. The Hall–Kier alpha value is -2.87. The van der Waals surface area contributed by atoms with Gasteiger partial charge in [-0.1, -0.05) is 0 Å². The second-order valence-corrected chi connectivity index (χ2v) is 12.5. The van der Waals surface area contributed by atoms with Gasteiger partial charge in [-0.3, -0.25) is 0 Å². The molecule has 4 aromatic rings. The van der Waals surface area contributed by atoms with Crippen molar-refractivity contribution in [2.75, 3.05) is 62.6 Å². The number of anilines is 2. The molecule has 2 aliphatic rings.